The minimum absolute atomic E-state index is 0.0491. The predicted molar refractivity (Wildman–Crippen MR) is 143 cm³/mol. The zero-order valence-electron chi connectivity index (χ0n) is 22.6. The van der Waals surface area contributed by atoms with Gasteiger partial charge in [-0.25, -0.2) is 4.79 Å². The van der Waals surface area contributed by atoms with Gasteiger partial charge in [0.25, 0.3) is 0 Å². The van der Waals surface area contributed by atoms with Gasteiger partial charge < -0.3 is 4.74 Å². The summed E-state index contributed by atoms with van der Waals surface area (Å²) in [6.45, 7) is 2.16. The molecule has 0 atom stereocenters. The topological polar surface area (TPSA) is 126 Å². The molecule has 0 bridgehead atoms. The van der Waals surface area contributed by atoms with Crippen LogP contribution in [-0.2, 0) is 16.1 Å². The van der Waals surface area contributed by atoms with Crippen molar-refractivity contribution in [2.75, 3.05) is 33.9 Å². The number of hydrogen-bond acceptors (Lipinski definition) is 7. The first kappa shape index (κ1) is 26.8. The third kappa shape index (κ3) is 4.04. The molecule has 0 unspecified atom stereocenters. The number of hydrogen-bond donors (Lipinski definition) is 1. The third-order valence-corrected chi connectivity index (χ3v) is 10.8. The second kappa shape index (κ2) is 9.59. The molecule has 1 aromatic rings. The molecule has 3 amide bonds. The molecular weight excluding hydrogens is 569 g/mol. The Bertz CT molecular complexity index is 1340. The van der Waals surface area contributed by atoms with E-state index in [1.165, 1.54) is 14.0 Å². The van der Waals surface area contributed by atoms with Crippen molar-refractivity contribution in [3.05, 3.63) is 26.4 Å². The van der Waals surface area contributed by atoms with Crippen molar-refractivity contribution in [2.24, 2.45) is 22.2 Å². The van der Waals surface area contributed by atoms with Crippen molar-refractivity contribution in [3.63, 3.8) is 0 Å². The van der Waals surface area contributed by atoms with Gasteiger partial charge in [0.05, 0.1) is 13.2 Å². The number of carbonyl (C=O) groups is 2. The molecule has 1 radical (unpaired) electrons. The van der Waals surface area contributed by atoms with Crippen molar-refractivity contribution in [2.45, 2.75) is 75.9 Å². The Morgan fingerprint density at radius 1 is 1.05 bits per heavy atom. The van der Waals surface area contributed by atoms with Gasteiger partial charge in [-0.2, -0.15) is 0 Å². The van der Waals surface area contributed by atoms with Gasteiger partial charge in [0, 0.05) is 13.0 Å². The number of rotatable bonds is 6. The van der Waals surface area contributed by atoms with Gasteiger partial charge >= 0.3 is 200 Å². The Balaban J connectivity index is 1.24. The predicted octanol–water partition coefficient (Wildman–Crippen LogP) is 1.24. The van der Waals surface area contributed by atoms with Crippen molar-refractivity contribution in [1.82, 2.24) is 18.9 Å². The van der Waals surface area contributed by atoms with Gasteiger partial charge in [-0.05, 0) is 0 Å². The zero-order valence-corrected chi connectivity index (χ0v) is 24.3. The molecule has 1 aromatic heterocycles. The summed E-state index contributed by atoms with van der Waals surface area (Å²) in [4.78, 5) is 60.5. The van der Waals surface area contributed by atoms with Crippen LogP contribution in [-0.4, -0.2) is 96.0 Å². The molecule has 2 aliphatic heterocycles. The number of aromatic nitrogens is 2. The van der Waals surface area contributed by atoms with Gasteiger partial charge in [0.15, 0.2) is 0 Å². The van der Waals surface area contributed by atoms with Crippen LogP contribution in [0.5, 0.6) is 5.88 Å². The first-order valence-corrected chi connectivity index (χ1v) is 14.9. The monoisotopic (exact) mass is 606 g/mol. The zero-order chi connectivity index (χ0) is 27.7. The molecule has 5 fully saturated rings. The minimum atomic E-state index is -0.781. The Morgan fingerprint density at radius 2 is 1.72 bits per heavy atom. The number of nitrogens with zero attached hydrogens (tertiary/aromatic N) is 5. The second-order valence-electron chi connectivity index (χ2n) is 12.4. The molecule has 2 spiro atoms. The summed E-state index contributed by atoms with van der Waals surface area (Å²) >= 11 is 2.76. The van der Waals surface area contributed by atoms with Crippen LogP contribution < -0.4 is 11.2 Å². The average molecular weight is 606 g/mol. The molecule has 12 heteroatoms. The molecule has 39 heavy (non-hydrogen) atoms. The van der Waals surface area contributed by atoms with Crippen LogP contribution in [0.15, 0.2) is 14.6 Å². The van der Waals surface area contributed by atoms with E-state index in [4.69, 9.17) is 4.74 Å². The van der Waals surface area contributed by atoms with Gasteiger partial charge in [-0.15, -0.1) is 0 Å². The molecule has 5 aliphatic rings. The molecule has 6 rings (SSSR count). The van der Waals surface area contributed by atoms with E-state index < -0.39 is 16.8 Å². The molecule has 3 saturated carbocycles. The number of amides is 3. The second-order valence-corrected chi connectivity index (χ2v) is 13.2. The summed E-state index contributed by atoms with van der Waals surface area (Å²) in [5.74, 6) is 0.147. The summed E-state index contributed by atoms with van der Waals surface area (Å²) in [6.07, 6.45) is 7.13. The van der Waals surface area contributed by atoms with Crippen LogP contribution in [0.2, 0.25) is 0 Å². The number of carbonyl (C=O) groups excluding carboxylic acids is 2. The van der Waals surface area contributed by atoms with Gasteiger partial charge in [0.1, 0.15) is 0 Å². The van der Waals surface area contributed by atoms with Crippen LogP contribution in [0, 0.1) is 17.3 Å². The van der Waals surface area contributed by atoms with Crippen molar-refractivity contribution < 1.29 is 19.4 Å². The maximum atomic E-state index is 13.6. The number of urea groups is 1. The van der Waals surface area contributed by atoms with Crippen LogP contribution in [0.4, 0.5) is 4.79 Å². The standard InChI is InChI=1S/C27H36N5O6Se/c1-28-20(39)19-21(33)30(10-16-4-3-5-16)25(37)32(22(19)34)18-6-8-26(9-7-18)14-27(15-26)23(35)29(2)24(36)31(27)11-17-12-38-13-17/h16-18,33H,3-15H2,1-2H3. The van der Waals surface area contributed by atoms with E-state index in [-0.39, 0.29) is 45.4 Å². The summed E-state index contributed by atoms with van der Waals surface area (Å²) in [7, 11) is 3.11. The van der Waals surface area contributed by atoms with E-state index in [2.05, 4.69) is 21.0 Å². The molecule has 3 aliphatic carbocycles. The number of ether oxygens (including phenoxy) is 1. The van der Waals surface area contributed by atoms with Gasteiger partial charge in [-0.3, -0.25) is 0 Å². The van der Waals surface area contributed by atoms with E-state index in [0.717, 1.165) is 32.1 Å². The summed E-state index contributed by atoms with van der Waals surface area (Å²) in [5.41, 5.74) is -1.80. The molecule has 3 heterocycles. The van der Waals surface area contributed by atoms with Crippen molar-refractivity contribution in [3.8, 4) is 5.88 Å². The Hall–Kier alpha value is -2.43. The molecule has 2 saturated heterocycles. The normalized spacial score (nSPS) is 31.6. The summed E-state index contributed by atoms with van der Waals surface area (Å²) in [5, 5.41) is 10.9. The number of aromatic hydroxyl groups is 1. The SMILES string of the molecule is CN=C([Se])c1c(O)n(CC2CCC2)c(=O)n(C2CCC3(CC2)CC2(C3)C(=O)N(C)C(=O)N2CC2COC2)c1=O. The van der Waals surface area contributed by atoms with E-state index >= 15 is 0 Å². The van der Waals surface area contributed by atoms with E-state index in [1.54, 1.807) is 19.0 Å². The summed E-state index contributed by atoms with van der Waals surface area (Å²) in [6, 6.07) is -0.522. The fourth-order valence-corrected chi connectivity index (χ4v) is 7.89. The van der Waals surface area contributed by atoms with E-state index in [1.807, 2.05) is 0 Å². The molecular formula is C27H36N5O6Se. The van der Waals surface area contributed by atoms with E-state index in [9.17, 15) is 24.3 Å². The Kier molecular flexibility index (Phi) is 6.59. The summed E-state index contributed by atoms with van der Waals surface area (Å²) < 4.78 is 8.27. The van der Waals surface area contributed by atoms with Crippen LogP contribution in [0.1, 0.15) is 69.4 Å². The third-order valence-electron chi connectivity index (χ3n) is 10.0. The number of likely N-dealkylation sites (N-methyl/N-ethyl adjacent to an activating group) is 1. The average Bonchev–Trinajstić information content (AvgIpc) is 3.01. The maximum absolute atomic E-state index is 13.6. The van der Waals surface area contributed by atoms with Crippen LogP contribution >= 0.6 is 0 Å². The fourth-order valence-electron chi connectivity index (χ4n) is 7.51. The quantitative estimate of drug-likeness (QED) is 0.296. The molecule has 0 aromatic carbocycles. The molecule has 211 valence electrons. The molecule has 11 nitrogen and oxygen atoms in total. The Morgan fingerprint density at radius 3 is 2.26 bits per heavy atom. The van der Waals surface area contributed by atoms with Crippen molar-refractivity contribution in [1.29, 1.82) is 0 Å². The van der Waals surface area contributed by atoms with Gasteiger partial charge in [-0.1, -0.05) is 0 Å². The van der Waals surface area contributed by atoms with Crippen LogP contribution in [0.25, 0.3) is 0 Å². The number of aliphatic imine (C=N–C) groups is 1. The first-order chi connectivity index (χ1) is 18.6. The fraction of sp³-hybridized carbons (Fsp3) is 0.741. The first-order valence-electron chi connectivity index (χ1n) is 14.0. The van der Waals surface area contributed by atoms with Crippen LogP contribution in [0.3, 0.4) is 0 Å². The van der Waals surface area contributed by atoms with E-state index in [0.29, 0.717) is 57.9 Å². The molecule has 1 N–H and O–H groups in total. The van der Waals surface area contributed by atoms with Gasteiger partial charge in [0.2, 0.25) is 0 Å². The van der Waals surface area contributed by atoms with Crippen molar-refractivity contribution >= 4 is 32.6 Å². The number of imide groups is 1. The Labute approximate surface area is 235 Å².